The van der Waals surface area contributed by atoms with Gasteiger partial charge in [0.15, 0.2) is 5.65 Å². The zero-order valence-electron chi connectivity index (χ0n) is 18.0. The average molecular weight is 467 g/mol. The molecule has 1 aliphatic heterocycles. The Bertz CT molecular complexity index is 1150. The fraction of sp³-hybridized carbons (Fsp3) is 0.476. The Balaban J connectivity index is 1.80. The minimum Gasteiger partial charge on any atom is -0.493 e. The number of alkyl halides is 1. The predicted molar refractivity (Wildman–Crippen MR) is 117 cm³/mol. The first-order valence-electron chi connectivity index (χ1n) is 10.4. The molecule has 0 bridgehead atoms. The van der Waals surface area contributed by atoms with Crippen molar-refractivity contribution in [2.45, 2.75) is 39.1 Å². The molecule has 0 radical (unpaired) electrons. The van der Waals surface area contributed by atoms with Crippen LogP contribution in [0.2, 0.25) is 5.02 Å². The van der Waals surface area contributed by atoms with Crippen molar-refractivity contribution in [1.82, 2.24) is 24.6 Å². The number of benzene rings is 1. The van der Waals surface area contributed by atoms with Gasteiger partial charge in [0.05, 0.1) is 35.3 Å². The van der Waals surface area contributed by atoms with Crippen LogP contribution in [0.25, 0.3) is 11.0 Å². The third kappa shape index (κ3) is 3.87. The molecular weight excluding hydrogens is 442 g/mol. The molecule has 0 saturated carbocycles. The summed E-state index contributed by atoms with van der Waals surface area (Å²) in [6.07, 6.45) is -0.565. The van der Waals surface area contributed by atoms with Crippen molar-refractivity contribution in [2.24, 2.45) is 0 Å². The molecule has 1 unspecified atom stereocenters. The van der Waals surface area contributed by atoms with Crippen LogP contribution < -0.4 is 10.5 Å². The number of hydrogen-bond donors (Lipinski definition) is 2. The Morgan fingerprint density at radius 1 is 1.38 bits per heavy atom. The molecule has 2 aromatic heterocycles. The number of aromatic nitrogens is 4. The molecule has 8 nitrogen and oxygen atoms in total. The number of nitrogens with zero attached hydrogens (tertiary/aromatic N) is 5. The monoisotopic (exact) mass is 466 g/mol. The minimum atomic E-state index is -1.94. The number of aliphatic hydroxyl groups is 1. The van der Waals surface area contributed by atoms with Gasteiger partial charge in [0.1, 0.15) is 23.7 Å². The molecule has 3 N–H and O–H groups in total. The number of anilines is 1. The van der Waals surface area contributed by atoms with Gasteiger partial charge in [0.25, 0.3) is 0 Å². The largest absolute Gasteiger partial charge is 0.493 e. The van der Waals surface area contributed by atoms with Crippen molar-refractivity contribution in [3.8, 4) is 5.75 Å². The number of nitrogens with two attached hydrogens (primary N) is 1. The fourth-order valence-corrected chi connectivity index (χ4v) is 4.53. The molecule has 3 aromatic rings. The lowest BCUT2D eigenvalue weighted by Gasteiger charge is -2.40. The molecule has 1 fully saturated rings. The summed E-state index contributed by atoms with van der Waals surface area (Å²) in [4.78, 5) is 10.1. The van der Waals surface area contributed by atoms with Crippen LogP contribution in [0.5, 0.6) is 5.75 Å². The van der Waals surface area contributed by atoms with Crippen LogP contribution >= 0.6 is 11.6 Å². The van der Waals surface area contributed by atoms with Gasteiger partial charge in [-0.1, -0.05) is 11.6 Å². The van der Waals surface area contributed by atoms with Crippen molar-refractivity contribution >= 4 is 28.5 Å². The molecule has 1 aliphatic rings. The standard InChI is InChI=1S/C21H25ClF2N6O2/c1-4-32-19-13(11(3)30-21-16(10(2)28-30)20(25)26-9-27-21)5-14(22)18(24)17(19)12-6-29(7-12)8-15(23)31/h5,9,11-12,15,31H,4,6-8H2,1-3H3,(H2,25,26,27)/t11?,15-/m0/s1. The number of likely N-dealkylation sites (tertiary alicyclic amines) is 1. The Kier molecular flexibility index (Phi) is 6.19. The Hall–Kier alpha value is -2.56. The van der Waals surface area contributed by atoms with Crippen molar-refractivity contribution < 1.29 is 18.6 Å². The van der Waals surface area contributed by atoms with E-state index in [1.165, 1.54) is 6.33 Å². The zero-order valence-corrected chi connectivity index (χ0v) is 18.8. The summed E-state index contributed by atoms with van der Waals surface area (Å²) in [6.45, 7) is 6.51. The van der Waals surface area contributed by atoms with Crippen LogP contribution in [0.15, 0.2) is 12.4 Å². The lowest BCUT2D eigenvalue weighted by molar-refractivity contribution is -0.0141. The first kappa shape index (κ1) is 22.6. The first-order valence-corrected chi connectivity index (χ1v) is 10.7. The van der Waals surface area contributed by atoms with Gasteiger partial charge in [-0.2, -0.15) is 5.10 Å². The highest BCUT2D eigenvalue weighted by atomic mass is 35.5. The summed E-state index contributed by atoms with van der Waals surface area (Å²) in [5.74, 6) is -0.0623. The van der Waals surface area contributed by atoms with Crippen molar-refractivity contribution in [1.29, 1.82) is 0 Å². The fourth-order valence-electron chi connectivity index (χ4n) is 4.32. The molecule has 0 spiro atoms. The maximum absolute atomic E-state index is 15.2. The van der Waals surface area contributed by atoms with E-state index < -0.39 is 18.2 Å². The van der Waals surface area contributed by atoms with Crippen molar-refractivity contribution in [2.75, 3.05) is 32.0 Å². The summed E-state index contributed by atoms with van der Waals surface area (Å²) in [6, 6.07) is 1.15. The molecule has 172 valence electrons. The molecule has 2 atom stereocenters. The van der Waals surface area contributed by atoms with Crippen molar-refractivity contribution in [3.05, 3.63) is 40.1 Å². The van der Waals surface area contributed by atoms with Crippen molar-refractivity contribution in [3.63, 3.8) is 0 Å². The summed E-state index contributed by atoms with van der Waals surface area (Å²) < 4.78 is 35.7. The van der Waals surface area contributed by atoms with Gasteiger partial charge in [-0.15, -0.1) is 0 Å². The molecule has 0 aliphatic carbocycles. The summed E-state index contributed by atoms with van der Waals surface area (Å²) in [5.41, 5.74) is 8.26. The van der Waals surface area contributed by atoms with E-state index in [2.05, 4.69) is 15.1 Å². The lowest BCUT2D eigenvalue weighted by Crippen LogP contribution is -2.48. The summed E-state index contributed by atoms with van der Waals surface area (Å²) in [7, 11) is 0. The Morgan fingerprint density at radius 3 is 2.75 bits per heavy atom. The number of β-amino-alcohol motifs (C(OH)–C–C–N with tert-alkyl or cyclic N) is 1. The number of aryl methyl sites for hydroxylation is 1. The number of nitrogen functional groups attached to an aromatic ring is 1. The second-order valence-corrected chi connectivity index (χ2v) is 8.36. The summed E-state index contributed by atoms with van der Waals surface area (Å²) >= 11 is 6.30. The SMILES string of the molecule is CCOc1c(C(C)n2nc(C)c3c(N)ncnc32)cc(Cl)c(F)c1C1CN(C[C@H](O)F)C1. The van der Waals surface area contributed by atoms with E-state index in [1.807, 2.05) is 20.8 Å². The number of hydrogen-bond acceptors (Lipinski definition) is 7. The van der Waals surface area contributed by atoms with Crippen LogP contribution in [-0.4, -0.2) is 62.4 Å². The molecule has 0 amide bonds. The highest BCUT2D eigenvalue weighted by Gasteiger charge is 2.36. The van der Waals surface area contributed by atoms with Crippen LogP contribution in [-0.2, 0) is 0 Å². The van der Waals surface area contributed by atoms with E-state index in [0.717, 1.165) is 0 Å². The predicted octanol–water partition coefficient (Wildman–Crippen LogP) is 3.20. The molecule has 3 heterocycles. The quantitative estimate of drug-likeness (QED) is 0.551. The van der Waals surface area contributed by atoms with Gasteiger partial charge in [-0.3, -0.25) is 4.90 Å². The molecule has 32 heavy (non-hydrogen) atoms. The van der Waals surface area contributed by atoms with Crippen LogP contribution in [0, 0.1) is 12.7 Å². The number of halogens is 3. The highest BCUT2D eigenvalue weighted by Crippen LogP contribution is 2.43. The molecule has 1 saturated heterocycles. The maximum Gasteiger partial charge on any atom is 0.209 e. The molecular formula is C21H25ClF2N6O2. The molecule has 1 aromatic carbocycles. The number of fused-ring (bicyclic) bond motifs is 1. The van der Waals surface area contributed by atoms with Crippen LogP contribution in [0.4, 0.5) is 14.6 Å². The topological polar surface area (TPSA) is 102 Å². The summed E-state index contributed by atoms with van der Waals surface area (Å²) in [5, 5.41) is 14.2. The maximum atomic E-state index is 15.2. The second kappa shape index (κ2) is 8.76. The second-order valence-electron chi connectivity index (χ2n) is 7.95. The molecule has 11 heteroatoms. The van der Waals surface area contributed by atoms with E-state index in [9.17, 15) is 4.39 Å². The zero-order chi connectivity index (χ0) is 23.2. The van der Waals surface area contributed by atoms with Gasteiger partial charge < -0.3 is 15.6 Å². The van der Waals surface area contributed by atoms with Gasteiger partial charge in [0.2, 0.25) is 6.36 Å². The first-order chi connectivity index (χ1) is 15.2. The van der Waals surface area contributed by atoms with Crippen LogP contribution in [0.3, 0.4) is 0 Å². The smallest absolute Gasteiger partial charge is 0.209 e. The normalized spacial score (nSPS) is 16.8. The highest BCUT2D eigenvalue weighted by molar-refractivity contribution is 6.31. The van der Waals surface area contributed by atoms with Gasteiger partial charge in [0, 0.05) is 30.1 Å². The average Bonchev–Trinajstić information content (AvgIpc) is 3.05. The van der Waals surface area contributed by atoms with Gasteiger partial charge in [-0.05, 0) is 26.8 Å². The van der Waals surface area contributed by atoms with E-state index in [-0.39, 0.29) is 17.5 Å². The Labute approximate surface area is 189 Å². The lowest BCUT2D eigenvalue weighted by atomic mass is 9.87. The Morgan fingerprint density at radius 2 is 2.09 bits per heavy atom. The number of rotatable bonds is 7. The van der Waals surface area contributed by atoms with Gasteiger partial charge >= 0.3 is 0 Å². The van der Waals surface area contributed by atoms with E-state index >= 15 is 4.39 Å². The van der Waals surface area contributed by atoms with E-state index in [4.69, 9.17) is 27.2 Å². The minimum absolute atomic E-state index is 0.0309. The van der Waals surface area contributed by atoms with Crippen LogP contribution in [0.1, 0.15) is 42.6 Å². The third-order valence-electron chi connectivity index (χ3n) is 5.81. The third-order valence-corrected chi connectivity index (χ3v) is 6.08. The van der Waals surface area contributed by atoms with Gasteiger partial charge in [-0.25, -0.2) is 23.4 Å². The molecule has 4 rings (SSSR count). The number of ether oxygens (including phenoxy) is 1. The number of aliphatic hydroxyl groups excluding tert-OH is 1. The van der Waals surface area contributed by atoms with E-state index in [1.54, 1.807) is 15.6 Å². The van der Waals surface area contributed by atoms with E-state index in [0.29, 0.717) is 59.1 Å².